The van der Waals surface area contributed by atoms with Crippen molar-refractivity contribution in [3.8, 4) is 0 Å². The smallest absolute Gasteiger partial charge is 0.0231 e. The minimum Gasteiger partial charge on any atom is -0.317 e. The summed E-state index contributed by atoms with van der Waals surface area (Å²) < 4.78 is 0. The molecular formula is C15H27N3. The summed E-state index contributed by atoms with van der Waals surface area (Å²) in [5, 5.41) is 6.81. The first-order chi connectivity index (χ1) is 8.83. The molecule has 1 rings (SSSR count). The molecule has 0 saturated carbocycles. The molecule has 2 N–H and O–H groups in total. The van der Waals surface area contributed by atoms with Crippen molar-refractivity contribution in [3.05, 3.63) is 35.9 Å². The van der Waals surface area contributed by atoms with Crippen LogP contribution in [-0.4, -0.2) is 44.7 Å². The second-order valence-electron chi connectivity index (χ2n) is 4.68. The topological polar surface area (TPSA) is 27.3 Å². The van der Waals surface area contributed by atoms with E-state index in [1.54, 1.807) is 0 Å². The molecule has 102 valence electrons. The molecular weight excluding hydrogens is 222 g/mol. The van der Waals surface area contributed by atoms with Crippen molar-refractivity contribution in [2.45, 2.75) is 19.9 Å². The Hall–Kier alpha value is -0.900. The molecule has 0 amide bonds. The van der Waals surface area contributed by atoms with Crippen molar-refractivity contribution in [3.63, 3.8) is 0 Å². The number of hydrogen-bond donors (Lipinski definition) is 2. The van der Waals surface area contributed by atoms with Crippen molar-refractivity contribution < 1.29 is 0 Å². The quantitative estimate of drug-likeness (QED) is 0.618. The summed E-state index contributed by atoms with van der Waals surface area (Å²) in [7, 11) is 2.17. The van der Waals surface area contributed by atoms with E-state index in [2.05, 4.69) is 59.8 Å². The molecule has 0 radical (unpaired) electrons. The molecule has 3 heteroatoms. The van der Waals surface area contributed by atoms with Crippen LogP contribution in [-0.2, 0) is 6.54 Å². The lowest BCUT2D eigenvalue weighted by Crippen LogP contribution is -2.30. The zero-order valence-electron chi connectivity index (χ0n) is 11.8. The lowest BCUT2D eigenvalue weighted by atomic mass is 10.2. The number of nitrogens with zero attached hydrogens (tertiary/aromatic N) is 1. The van der Waals surface area contributed by atoms with E-state index in [4.69, 9.17) is 0 Å². The van der Waals surface area contributed by atoms with E-state index in [0.717, 1.165) is 39.3 Å². The highest BCUT2D eigenvalue weighted by atomic mass is 15.1. The normalized spacial score (nSPS) is 11.1. The van der Waals surface area contributed by atoms with Gasteiger partial charge in [-0.05, 0) is 38.7 Å². The van der Waals surface area contributed by atoms with E-state index < -0.39 is 0 Å². The van der Waals surface area contributed by atoms with Crippen LogP contribution in [0.5, 0.6) is 0 Å². The van der Waals surface area contributed by atoms with Crippen molar-refractivity contribution in [2.24, 2.45) is 0 Å². The Balaban J connectivity index is 1.99. The molecule has 0 fully saturated rings. The minimum absolute atomic E-state index is 1.03. The number of benzene rings is 1. The van der Waals surface area contributed by atoms with Crippen LogP contribution in [0.1, 0.15) is 18.9 Å². The first-order valence-electron chi connectivity index (χ1n) is 6.97. The molecule has 0 bridgehead atoms. The lowest BCUT2D eigenvalue weighted by molar-refractivity contribution is 0.324. The van der Waals surface area contributed by atoms with Gasteiger partial charge in [-0.15, -0.1) is 0 Å². The number of likely N-dealkylation sites (N-methyl/N-ethyl adjacent to an activating group) is 1. The van der Waals surface area contributed by atoms with E-state index in [1.165, 1.54) is 12.0 Å². The molecule has 0 heterocycles. The lowest BCUT2D eigenvalue weighted by Gasteiger charge is -2.17. The standard InChI is InChI=1S/C15H27N3/c1-3-16-10-7-11-17-12-13-18(2)14-15-8-5-4-6-9-15/h4-6,8-9,16-17H,3,7,10-14H2,1-2H3. The second-order valence-corrected chi connectivity index (χ2v) is 4.68. The molecule has 0 aliphatic rings. The first-order valence-corrected chi connectivity index (χ1v) is 6.97. The number of nitrogens with one attached hydrogen (secondary N) is 2. The zero-order valence-corrected chi connectivity index (χ0v) is 11.8. The van der Waals surface area contributed by atoms with Crippen molar-refractivity contribution in [1.29, 1.82) is 0 Å². The van der Waals surface area contributed by atoms with Crippen LogP contribution < -0.4 is 10.6 Å². The van der Waals surface area contributed by atoms with Gasteiger partial charge in [-0.3, -0.25) is 0 Å². The summed E-state index contributed by atoms with van der Waals surface area (Å²) >= 11 is 0. The maximum Gasteiger partial charge on any atom is 0.0231 e. The summed E-state index contributed by atoms with van der Waals surface area (Å²) in [6.07, 6.45) is 1.20. The monoisotopic (exact) mass is 249 g/mol. The summed E-state index contributed by atoms with van der Waals surface area (Å²) in [6, 6.07) is 10.6. The van der Waals surface area contributed by atoms with Gasteiger partial charge in [-0.25, -0.2) is 0 Å². The first kappa shape index (κ1) is 15.2. The highest BCUT2D eigenvalue weighted by Crippen LogP contribution is 2.01. The fourth-order valence-corrected chi connectivity index (χ4v) is 1.88. The predicted molar refractivity (Wildman–Crippen MR) is 78.8 cm³/mol. The van der Waals surface area contributed by atoms with Gasteiger partial charge in [0.1, 0.15) is 0 Å². The summed E-state index contributed by atoms with van der Waals surface area (Å²) in [6.45, 7) is 8.62. The molecule has 0 saturated heterocycles. The molecule has 0 aliphatic heterocycles. The Bertz CT molecular complexity index is 287. The zero-order chi connectivity index (χ0) is 13.1. The van der Waals surface area contributed by atoms with Gasteiger partial charge in [0.15, 0.2) is 0 Å². The largest absolute Gasteiger partial charge is 0.317 e. The Kier molecular flexibility index (Phi) is 8.47. The average molecular weight is 249 g/mol. The fraction of sp³-hybridized carbons (Fsp3) is 0.600. The van der Waals surface area contributed by atoms with Gasteiger partial charge in [-0.1, -0.05) is 37.3 Å². The molecule has 0 unspecified atom stereocenters. The van der Waals surface area contributed by atoms with Gasteiger partial charge in [0.05, 0.1) is 0 Å². The van der Waals surface area contributed by atoms with Crippen LogP contribution in [0.4, 0.5) is 0 Å². The number of rotatable bonds is 10. The van der Waals surface area contributed by atoms with Crippen LogP contribution in [0.2, 0.25) is 0 Å². The van der Waals surface area contributed by atoms with E-state index in [9.17, 15) is 0 Å². The highest BCUT2D eigenvalue weighted by Gasteiger charge is 1.98. The Morgan fingerprint density at radius 2 is 1.72 bits per heavy atom. The Labute approximate surface area is 112 Å². The maximum absolute atomic E-state index is 3.48. The van der Waals surface area contributed by atoms with Crippen LogP contribution in [0.15, 0.2) is 30.3 Å². The minimum atomic E-state index is 1.03. The summed E-state index contributed by atoms with van der Waals surface area (Å²) in [4.78, 5) is 2.35. The van der Waals surface area contributed by atoms with Crippen molar-refractivity contribution in [1.82, 2.24) is 15.5 Å². The average Bonchev–Trinajstić information content (AvgIpc) is 2.39. The van der Waals surface area contributed by atoms with Crippen LogP contribution in [0, 0.1) is 0 Å². The molecule has 0 atom stereocenters. The molecule has 1 aromatic rings. The Morgan fingerprint density at radius 1 is 1.00 bits per heavy atom. The van der Waals surface area contributed by atoms with Gasteiger partial charge in [-0.2, -0.15) is 0 Å². The third-order valence-electron chi connectivity index (χ3n) is 2.92. The third kappa shape index (κ3) is 7.43. The van der Waals surface area contributed by atoms with Crippen LogP contribution >= 0.6 is 0 Å². The second kappa shape index (κ2) is 10.1. The van der Waals surface area contributed by atoms with Crippen molar-refractivity contribution >= 4 is 0 Å². The molecule has 3 nitrogen and oxygen atoms in total. The molecule has 0 aliphatic carbocycles. The summed E-state index contributed by atoms with van der Waals surface area (Å²) in [5.74, 6) is 0. The van der Waals surface area contributed by atoms with E-state index in [0.29, 0.717) is 0 Å². The fourth-order valence-electron chi connectivity index (χ4n) is 1.88. The van der Waals surface area contributed by atoms with Crippen LogP contribution in [0.3, 0.4) is 0 Å². The van der Waals surface area contributed by atoms with E-state index in [-0.39, 0.29) is 0 Å². The number of hydrogen-bond acceptors (Lipinski definition) is 3. The molecule has 0 spiro atoms. The third-order valence-corrected chi connectivity index (χ3v) is 2.92. The van der Waals surface area contributed by atoms with Gasteiger partial charge < -0.3 is 15.5 Å². The Morgan fingerprint density at radius 3 is 2.44 bits per heavy atom. The van der Waals surface area contributed by atoms with E-state index >= 15 is 0 Å². The van der Waals surface area contributed by atoms with Gasteiger partial charge in [0.25, 0.3) is 0 Å². The SMILES string of the molecule is CCNCCCNCCN(C)Cc1ccccc1. The van der Waals surface area contributed by atoms with Gasteiger partial charge >= 0.3 is 0 Å². The van der Waals surface area contributed by atoms with Gasteiger partial charge in [0, 0.05) is 19.6 Å². The summed E-state index contributed by atoms with van der Waals surface area (Å²) in [5.41, 5.74) is 1.38. The molecule has 18 heavy (non-hydrogen) atoms. The highest BCUT2D eigenvalue weighted by molar-refractivity contribution is 5.14. The maximum atomic E-state index is 3.48. The predicted octanol–water partition coefficient (Wildman–Crippen LogP) is 1.71. The molecule has 1 aromatic carbocycles. The van der Waals surface area contributed by atoms with E-state index in [1.807, 2.05) is 0 Å². The molecule has 0 aromatic heterocycles. The van der Waals surface area contributed by atoms with Crippen LogP contribution in [0.25, 0.3) is 0 Å². The van der Waals surface area contributed by atoms with Gasteiger partial charge in [0.2, 0.25) is 0 Å². The van der Waals surface area contributed by atoms with Crippen molar-refractivity contribution in [2.75, 3.05) is 39.8 Å².